The maximum absolute atomic E-state index is 3.54. The number of halogens is 2. The summed E-state index contributed by atoms with van der Waals surface area (Å²) in [6, 6.07) is 17.4. The summed E-state index contributed by atoms with van der Waals surface area (Å²) >= 11 is 7.06. The number of hydrogen-bond donors (Lipinski definition) is 0. The van der Waals surface area contributed by atoms with E-state index >= 15 is 0 Å². The second-order valence-electron chi connectivity index (χ2n) is 4.12. The van der Waals surface area contributed by atoms with Gasteiger partial charge < -0.3 is 0 Å². The van der Waals surface area contributed by atoms with Crippen LogP contribution in [-0.4, -0.2) is 0 Å². The monoisotopic (exact) mass is 348 g/mol. The van der Waals surface area contributed by atoms with Gasteiger partial charge in [0.05, 0.1) is 0 Å². The third kappa shape index (κ3) is 2.00. The Morgan fingerprint density at radius 3 is 2.06 bits per heavy atom. The zero-order valence-corrected chi connectivity index (χ0v) is 12.3. The van der Waals surface area contributed by atoms with Crippen molar-refractivity contribution in [1.82, 2.24) is 0 Å². The van der Waals surface area contributed by atoms with Crippen LogP contribution in [0.1, 0.15) is 5.56 Å². The molecule has 0 radical (unpaired) electrons. The van der Waals surface area contributed by atoms with Gasteiger partial charge in [-0.05, 0) is 45.3 Å². The molecule has 0 atom stereocenters. The lowest BCUT2D eigenvalue weighted by atomic mass is 10.0. The van der Waals surface area contributed by atoms with Crippen molar-refractivity contribution >= 4 is 53.4 Å². The SMILES string of the molecule is BrCc1ccc2ccc3ccc(Br)cc3c2c1. The van der Waals surface area contributed by atoms with E-state index in [-0.39, 0.29) is 0 Å². The molecule has 0 aromatic heterocycles. The van der Waals surface area contributed by atoms with Crippen molar-refractivity contribution in [3.8, 4) is 0 Å². The molecule has 84 valence electrons. The standard InChI is InChI=1S/C15H10Br2/c16-9-10-1-2-11-3-4-12-5-6-13(17)8-15(12)14(11)7-10/h1-8H,9H2. The molecule has 0 amide bonds. The van der Waals surface area contributed by atoms with E-state index in [2.05, 4.69) is 80.4 Å². The fourth-order valence-corrected chi connectivity index (χ4v) is 2.86. The van der Waals surface area contributed by atoms with Crippen molar-refractivity contribution < 1.29 is 0 Å². The molecule has 0 spiro atoms. The summed E-state index contributed by atoms with van der Waals surface area (Å²) in [6.45, 7) is 0. The lowest BCUT2D eigenvalue weighted by Crippen LogP contribution is -1.81. The maximum atomic E-state index is 3.54. The molecule has 3 aromatic rings. The van der Waals surface area contributed by atoms with E-state index in [0.717, 1.165) is 9.80 Å². The van der Waals surface area contributed by atoms with Crippen LogP contribution in [-0.2, 0) is 5.33 Å². The van der Waals surface area contributed by atoms with Gasteiger partial charge in [-0.1, -0.05) is 62.2 Å². The number of rotatable bonds is 1. The van der Waals surface area contributed by atoms with Gasteiger partial charge in [0.2, 0.25) is 0 Å². The highest BCUT2D eigenvalue weighted by atomic mass is 79.9. The van der Waals surface area contributed by atoms with Crippen LogP contribution < -0.4 is 0 Å². The van der Waals surface area contributed by atoms with Crippen LogP contribution in [0.4, 0.5) is 0 Å². The van der Waals surface area contributed by atoms with Gasteiger partial charge in [0.1, 0.15) is 0 Å². The number of fused-ring (bicyclic) bond motifs is 3. The van der Waals surface area contributed by atoms with E-state index in [4.69, 9.17) is 0 Å². The molecular formula is C15H10Br2. The molecule has 0 aliphatic rings. The number of benzene rings is 3. The highest BCUT2D eigenvalue weighted by Crippen LogP contribution is 2.29. The minimum atomic E-state index is 0.896. The molecule has 0 fully saturated rings. The van der Waals surface area contributed by atoms with Crippen LogP contribution in [0, 0.1) is 0 Å². The normalized spacial score (nSPS) is 11.2. The van der Waals surface area contributed by atoms with Crippen LogP contribution in [0.2, 0.25) is 0 Å². The zero-order chi connectivity index (χ0) is 11.8. The van der Waals surface area contributed by atoms with Crippen molar-refractivity contribution in [2.24, 2.45) is 0 Å². The molecule has 0 aliphatic heterocycles. The molecule has 0 heterocycles. The Hall–Kier alpha value is -0.860. The van der Waals surface area contributed by atoms with E-state index in [1.807, 2.05) is 0 Å². The van der Waals surface area contributed by atoms with E-state index < -0.39 is 0 Å². The van der Waals surface area contributed by atoms with E-state index in [1.54, 1.807) is 0 Å². The summed E-state index contributed by atoms with van der Waals surface area (Å²) < 4.78 is 1.13. The Balaban J connectivity index is 2.47. The van der Waals surface area contributed by atoms with E-state index in [1.165, 1.54) is 27.1 Å². The van der Waals surface area contributed by atoms with Gasteiger partial charge in [-0.2, -0.15) is 0 Å². The van der Waals surface area contributed by atoms with E-state index in [9.17, 15) is 0 Å². The maximum Gasteiger partial charge on any atom is 0.0283 e. The molecule has 0 N–H and O–H groups in total. The Kier molecular flexibility index (Phi) is 2.93. The Morgan fingerprint density at radius 1 is 0.765 bits per heavy atom. The van der Waals surface area contributed by atoms with Crippen LogP contribution in [0.5, 0.6) is 0 Å². The minimum Gasteiger partial charge on any atom is -0.0876 e. The van der Waals surface area contributed by atoms with Crippen LogP contribution >= 0.6 is 31.9 Å². The fraction of sp³-hybridized carbons (Fsp3) is 0.0667. The largest absolute Gasteiger partial charge is 0.0876 e. The Labute approximate surface area is 117 Å². The molecule has 0 saturated carbocycles. The van der Waals surface area contributed by atoms with Gasteiger partial charge in [-0.25, -0.2) is 0 Å². The zero-order valence-electron chi connectivity index (χ0n) is 9.08. The molecule has 0 saturated heterocycles. The van der Waals surface area contributed by atoms with Crippen molar-refractivity contribution in [3.05, 3.63) is 58.6 Å². The van der Waals surface area contributed by atoms with Crippen LogP contribution in [0.25, 0.3) is 21.5 Å². The molecule has 0 nitrogen and oxygen atoms in total. The van der Waals surface area contributed by atoms with Gasteiger partial charge in [-0.15, -0.1) is 0 Å². The van der Waals surface area contributed by atoms with E-state index in [0.29, 0.717) is 0 Å². The second-order valence-corrected chi connectivity index (χ2v) is 5.60. The highest BCUT2D eigenvalue weighted by molar-refractivity contribution is 9.10. The summed E-state index contributed by atoms with van der Waals surface area (Å²) in [7, 11) is 0. The molecule has 3 aromatic carbocycles. The predicted octanol–water partition coefficient (Wildman–Crippen LogP) is 5.65. The van der Waals surface area contributed by atoms with Crippen molar-refractivity contribution in [2.45, 2.75) is 5.33 Å². The second kappa shape index (κ2) is 4.43. The molecule has 0 bridgehead atoms. The Morgan fingerprint density at radius 2 is 1.35 bits per heavy atom. The molecule has 2 heteroatoms. The van der Waals surface area contributed by atoms with Crippen molar-refractivity contribution in [1.29, 1.82) is 0 Å². The molecule has 0 aliphatic carbocycles. The molecule has 0 unspecified atom stereocenters. The summed E-state index contributed by atoms with van der Waals surface area (Å²) in [5.41, 5.74) is 1.31. The predicted molar refractivity (Wildman–Crippen MR) is 81.8 cm³/mol. The quantitative estimate of drug-likeness (QED) is 0.393. The first-order valence-electron chi connectivity index (χ1n) is 5.45. The first-order chi connectivity index (χ1) is 8.28. The lowest BCUT2D eigenvalue weighted by molar-refractivity contribution is 1.47. The van der Waals surface area contributed by atoms with Crippen molar-refractivity contribution in [2.75, 3.05) is 0 Å². The van der Waals surface area contributed by atoms with Gasteiger partial charge >= 0.3 is 0 Å². The van der Waals surface area contributed by atoms with Crippen molar-refractivity contribution in [3.63, 3.8) is 0 Å². The minimum absolute atomic E-state index is 0.896. The molecule has 3 rings (SSSR count). The summed E-state index contributed by atoms with van der Waals surface area (Å²) in [6.07, 6.45) is 0. The highest BCUT2D eigenvalue weighted by Gasteiger charge is 2.02. The van der Waals surface area contributed by atoms with Gasteiger partial charge in [0.25, 0.3) is 0 Å². The summed E-state index contributed by atoms with van der Waals surface area (Å²) in [5, 5.41) is 6.10. The first kappa shape index (κ1) is 11.2. The lowest BCUT2D eigenvalue weighted by Gasteiger charge is -2.06. The summed E-state index contributed by atoms with van der Waals surface area (Å²) in [4.78, 5) is 0. The van der Waals surface area contributed by atoms with Gasteiger partial charge in [0.15, 0.2) is 0 Å². The average molecular weight is 350 g/mol. The van der Waals surface area contributed by atoms with Gasteiger partial charge in [0, 0.05) is 9.80 Å². The third-order valence-corrected chi connectivity index (χ3v) is 4.16. The number of hydrogen-bond acceptors (Lipinski definition) is 0. The van der Waals surface area contributed by atoms with Crippen LogP contribution in [0.15, 0.2) is 53.0 Å². The smallest absolute Gasteiger partial charge is 0.0283 e. The average Bonchev–Trinajstić information content (AvgIpc) is 2.38. The summed E-state index contributed by atoms with van der Waals surface area (Å²) in [5.74, 6) is 0. The molecular weight excluding hydrogens is 340 g/mol. The topological polar surface area (TPSA) is 0 Å². The van der Waals surface area contributed by atoms with Crippen LogP contribution in [0.3, 0.4) is 0 Å². The first-order valence-corrected chi connectivity index (χ1v) is 7.36. The number of alkyl halides is 1. The fourth-order valence-electron chi connectivity index (χ4n) is 2.15. The van der Waals surface area contributed by atoms with Gasteiger partial charge in [-0.3, -0.25) is 0 Å². The Bertz CT molecular complexity index is 702. The third-order valence-electron chi connectivity index (χ3n) is 3.02. The molecule has 17 heavy (non-hydrogen) atoms.